The van der Waals surface area contributed by atoms with Gasteiger partial charge in [-0.2, -0.15) is 0 Å². The number of ether oxygens (including phenoxy) is 3. The van der Waals surface area contributed by atoms with Gasteiger partial charge in [0.25, 0.3) is 0 Å². The number of hydrogen-bond acceptors (Lipinski definition) is 6. The molecule has 1 atom stereocenters. The first-order valence-corrected chi connectivity index (χ1v) is 28.9. The molecule has 0 aliphatic heterocycles. The van der Waals surface area contributed by atoms with E-state index in [1.165, 1.54) is 141 Å². The van der Waals surface area contributed by atoms with Crippen molar-refractivity contribution in [2.45, 2.75) is 290 Å². The maximum absolute atomic E-state index is 12.7. The van der Waals surface area contributed by atoms with Gasteiger partial charge in [0.05, 0.1) is 0 Å². The van der Waals surface area contributed by atoms with E-state index in [1.54, 1.807) is 0 Å². The summed E-state index contributed by atoms with van der Waals surface area (Å²) >= 11 is 0. The Morgan fingerprint density at radius 1 is 0.309 bits per heavy atom. The summed E-state index contributed by atoms with van der Waals surface area (Å²) in [4.78, 5) is 37.6. The normalized spacial score (nSPS) is 12.6. The topological polar surface area (TPSA) is 78.9 Å². The number of rotatable bonds is 52. The number of esters is 3. The molecular formula is C62H108O6. The van der Waals surface area contributed by atoms with Crippen molar-refractivity contribution in [3.8, 4) is 0 Å². The highest BCUT2D eigenvalue weighted by atomic mass is 16.6. The van der Waals surface area contributed by atoms with E-state index in [4.69, 9.17) is 14.2 Å². The number of carbonyl (C=O) groups excluding carboxylic acids is 3. The predicted molar refractivity (Wildman–Crippen MR) is 293 cm³/mol. The lowest BCUT2D eigenvalue weighted by Gasteiger charge is -2.18. The van der Waals surface area contributed by atoms with E-state index >= 15 is 0 Å². The Morgan fingerprint density at radius 2 is 0.574 bits per heavy atom. The van der Waals surface area contributed by atoms with Gasteiger partial charge >= 0.3 is 17.9 Å². The molecule has 0 saturated carbocycles. The second-order valence-corrected chi connectivity index (χ2v) is 19.2. The summed E-state index contributed by atoms with van der Waals surface area (Å²) in [6.07, 6.45) is 72.5. The van der Waals surface area contributed by atoms with Crippen molar-refractivity contribution in [3.05, 3.63) is 72.9 Å². The quantitative estimate of drug-likeness (QED) is 0.0262. The van der Waals surface area contributed by atoms with Crippen LogP contribution in [0.15, 0.2) is 72.9 Å². The molecule has 392 valence electrons. The van der Waals surface area contributed by atoms with Crippen molar-refractivity contribution in [1.29, 1.82) is 0 Å². The van der Waals surface area contributed by atoms with Crippen molar-refractivity contribution in [2.24, 2.45) is 0 Å². The van der Waals surface area contributed by atoms with E-state index in [0.29, 0.717) is 19.3 Å². The average Bonchev–Trinajstić information content (AvgIpc) is 3.34. The van der Waals surface area contributed by atoms with Crippen LogP contribution < -0.4 is 0 Å². The van der Waals surface area contributed by atoms with Crippen molar-refractivity contribution in [1.82, 2.24) is 0 Å². The molecular weight excluding hydrogens is 841 g/mol. The van der Waals surface area contributed by atoms with Gasteiger partial charge in [0.2, 0.25) is 0 Å². The summed E-state index contributed by atoms with van der Waals surface area (Å²) < 4.78 is 16.7. The van der Waals surface area contributed by atoms with E-state index in [0.717, 1.165) is 103 Å². The summed E-state index contributed by atoms with van der Waals surface area (Å²) in [6, 6.07) is 0. The fourth-order valence-corrected chi connectivity index (χ4v) is 8.15. The Morgan fingerprint density at radius 3 is 0.897 bits per heavy atom. The fourth-order valence-electron chi connectivity index (χ4n) is 8.15. The molecule has 1 unspecified atom stereocenters. The standard InChI is InChI=1S/C62H108O6/c1-4-7-10-13-15-17-19-20-21-22-23-24-25-26-27-28-29-30-31-32-33-34-35-36-37-38-39-40-41-42-43-45-46-49-52-55-61(64)67-58-59(57-66-60(63)54-51-48-12-9-6-3)68-62(65)56-53-50-47-44-18-16-14-11-8-5-2/h7,10,15,17,20-21,23-24,26-27,29-30,59H,4-6,8-9,11-14,16,18-19,22,25,28,31-58H2,1-3H3/b10-7-,17-15-,21-20-,24-23-,27-26-,30-29-. The minimum absolute atomic E-state index is 0.0707. The van der Waals surface area contributed by atoms with Gasteiger partial charge in [0.15, 0.2) is 6.10 Å². The molecule has 0 aromatic heterocycles. The maximum atomic E-state index is 12.7. The monoisotopic (exact) mass is 949 g/mol. The Balaban J connectivity index is 3.86. The number of carbonyl (C=O) groups is 3. The van der Waals surface area contributed by atoms with Crippen LogP contribution in [0.2, 0.25) is 0 Å². The number of allylic oxidation sites excluding steroid dienone is 12. The van der Waals surface area contributed by atoms with E-state index in [1.807, 2.05) is 0 Å². The zero-order chi connectivity index (χ0) is 49.3. The SMILES string of the molecule is CC/C=C\C/C=C\C/C=C\C/C=C\C/C=C\C/C=C\CCCCCCCCCCCCCCCCCCC(=O)OCC(COC(=O)CCCCCCC)OC(=O)CCCCCCCCCCCC. The summed E-state index contributed by atoms with van der Waals surface area (Å²) in [5.74, 6) is -0.879. The molecule has 0 N–H and O–H groups in total. The minimum atomic E-state index is -0.765. The molecule has 0 spiro atoms. The van der Waals surface area contributed by atoms with E-state index in [9.17, 15) is 14.4 Å². The Labute approximate surface area is 421 Å². The van der Waals surface area contributed by atoms with Crippen LogP contribution in [0.25, 0.3) is 0 Å². The molecule has 0 heterocycles. The van der Waals surface area contributed by atoms with Gasteiger partial charge in [-0.3, -0.25) is 14.4 Å². The van der Waals surface area contributed by atoms with Gasteiger partial charge in [0, 0.05) is 19.3 Å². The molecule has 6 heteroatoms. The van der Waals surface area contributed by atoms with Crippen LogP contribution in [0.5, 0.6) is 0 Å². The molecule has 0 bridgehead atoms. The third-order valence-electron chi connectivity index (χ3n) is 12.5. The molecule has 6 nitrogen and oxygen atoms in total. The molecule has 68 heavy (non-hydrogen) atoms. The molecule has 0 rings (SSSR count). The van der Waals surface area contributed by atoms with Crippen LogP contribution >= 0.6 is 0 Å². The molecule has 0 aromatic carbocycles. The van der Waals surface area contributed by atoms with E-state index < -0.39 is 6.10 Å². The van der Waals surface area contributed by atoms with E-state index in [2.05, 4.69) is 93.7 Å². The lowest BCUT2D eigenvalue weighted by atomic mass is 10.0. The highest BCUT2D eigenvalue weighted by Gasteiger charge is 2.19. The van der Waals surface area contributed by atoms with Gasteiger partial charge in [-0.25, -0.2) is 0 Å². The molecule has 0 aliphatic carbocycles. The van der Waals surface area contributed by atoms with Crippen LogP contribution in [-0.4, -0.2) is 37.2 Å². The highest BCUT2D eigenvalue weighted by molar-refractivity contribution is 5.71. The largest absolute Gasteiger partial charge is 0.462 e. The lowest BCUT2D eigenvalue weighted by molar-refractivity contribution is -0.167. The Hall–Kier alpha value is -3.15. The Kier molecular flexibility index (Phi) is 53.8. The molecule has 0 saturated heterocycles. The Bertz CT molecular complexity index is 1270. The molecule has 0 aromatic rings. The fraction of sp³-hybridized carbons (Fsp3) is 0.758. The van der Waals surface area contributed by atoms with Crippen LogP contribution in [-0.2, 0) is 28.6 Å². The predicted octanol–water partition coefficient (Wildman–Crippen LogP) is 19.4. The van der Waals surface area contributed by atoms with Crippen LogP contribution in [0.3, 0.4) is 0 Å². The lowest BCUT2D eigenvalue weighted by Crippen LogP contribution is -2.30. The molecule has 0 amide bonds. The number of unbranched alkanes of at least 4 members (excludes halogenated alkanes) is 29. The number of hydrogen-bond donors (Lipinski definition) is 0. The average molecular weight is 950 g/mol. The van der Waals surface area contributed by atoms with Gasteiger partial charge in [0.1, 0.15) is 13.2 Å². The zero-order valence-corrected chi connectivity index (χ0v) is 44.9. The summed E-state index contributed by atoms with van der Waals surface area (Å²) in [6.45, 7) is 6.44. The first-order chi connectivity index (χ1) is 33.5. The summed E-state index contributed by atoms with van der Waals surface area (Å²) in [5.41, 5.74) is 0. The van der Waals surface area contributed by atoms with Crippen LogP contribution in [0, 0.1) is 0 Å². The second kappa shape index (κ2) is 56.4. The van der Waals surface area contributed by atoms with Crippen molar-refractivity contribution >= 4 is 17.9 Å². The minimum Gasteiger partial charge on any atom is -0.462 e. The van der Waals surface area contributed by atoms with Gasteiger partial charge in [-0.1, -0.05) is 267 Å². The van der Waals surface area contributed by atoms with Crippen LogP contribution in [0.1, 0.15) is 284 Å². The van der Waals surface area contributed by atoms with Crippen LogP contribution in [0.4, 0.5) is 0 Å². The van der Waals surface area contributed by atoms with Gasteiger partial charge in [-0.15, -0.1) is 0 Å². The third-order valence-corrected chi connectivity index (χ3v) is 12.5. The van der Waals surface area contributed by atoms with Gasteiger partial charge < -0.3 is 14.2 Å². The molecule has 0 fully saturated rings. The summed E-state index contributed by atoms with van der Waals surface area (Å²) in [5, 5.41) is 0. The first-order valence-electron chi connectivity index (χ1n) is 28.9. The maximum Gasteiger partial charge on any atom is 0.306 e. The van der Waals surface area contributed by atoms with E-state index in [-0.39, 0.29) is 31.1 Å². The van der Waals surface area contributed by atoms with Crippen molar-refractivity contribution < 1.29 is 28.6 Å². The smallest absolute Gasteiger partial charge is 0.306 e. The van der Waals surface area contributed by atoms with Crippen molar-refractivity contribution in [2.75, 3.05) is 13.2 Å². The third kappa shape index (κ3) is 53.8. The first kappa shape index (κ1) is 64.8. The van der Waals surface area contributed by atoms with Crippen molar-refractivity contribution in [3.63, 3.8) is 0 Å². The summed E-state index contributed by atoms with van der Waals surface area (Å²) in [7, 11) is 0. The molecule has 0 aliphatic rings. The highest BCUT2D eigenvalue weighted by Crippen LogP contribution is 2.16. The zero-order valence-electron chi connectivity index (χ0n) is 44.9. The molecule has 0 radical (unpaired) electrons. The van der Waals surface area contributed by atoms with Gasteiger partial charge in [-0.05, 0) is 70.6 Å². The second-order valence-electron chi connectivity index (χ2n) is 19.2.